The molecule has 0 fully saturated rings. The van der Waals surface area contributed by atoms with Crippen LogP contribution < -0.4 is 16.6 Å². The van der Waals surface area contributed by atoms with Gasteiger partial charge in [-0.1, -0.05) is 17.7 Å². The highest BCUT2D eigenvalue weighted by molar-refractivity contribution is 7.18. The van der Waals surface area contributed by atoms with Gasteiger partial charge in [-0.2, -0.15) is 0 Å². The zero-order valence-corrected chi connectivity index (χ0v) is 21.6. The molecule has 38 heavy (non-hydrogen) atoms. The Balaban J connectivity index is 1.63. The largest absolute Gasteiger partial charge is 0.450 e. The normalized spacial score (nSPS) is 12.9. The minimum absolute atomic E-state index is 0.194. The summed E-state index contributed by atoms with van der Waals surface area (Å²) in [6.07, 6.45) is -0.0604. The van der Waals surface area contributed by atoms with Crippen molar-refractivity contribution in [3.05, 3.63) is 91.2 Å². The van der Waals surface area contributed by atoms with E-state index in [2.05, 4.69) is 5.32 Å². The van der Waals surface area contributed by atoms with Crippen molar-refractivity contribution >= 4 is 39.2 Å². The Bertz CT molecular complexity index is 1650. The van der Waals surface area contributed by atoms with Crippen LogP contribution in [-0.2, 0) is 29.0 Å². The molecule has 0 saturated heterocycles. The summed E-state index contributed by atoms with van der Waals surface area (Å²) < 4.78 is 21.0. The van der Waals surface area contributed by atoms with Gasteiger partial charge in [-0.15, -0.1) is 11.3 Å². The summed E-state index contributed by atoms with van der Waals surface area (Å²) in [4.78, 5) is 55.4. The van der Waals surface area contributed by atoms with E-state index in [0.29, 0.717) is 28.9 Å². The summed E-state index contributed by atoms with van der Waals surface area (Å²) in [5.74, 6) is -0.950. The number of halogens is 1. The number of carbonyl (C=O) groups excluding carboxylic acids is 2. The zero-order chi connectivity index (χ0) is 27.0. The van der Waals surface area contributed by atoms with Crippen molar-refractivity contribution in [3.63, 3.8) is 0 Å². The fourth-order valence-corrected chi connectivity index (χ4v) is 5.86. The van der Waals surface area contributed by atoms with Gasteiger partial charge in [0.25, 0.3) is 5.56 Å². The van der Waals surface area contributed by atoms with Crippen LogP contribution in [0.5, 0.6) is 0 Å². The third kappa shape index (κ3) is 4.72. The van der Waals surface area contributed by atoms with E-state index in [1.54, 1.807) is 24.0 Å². The highest BCUT2D eigenvalue weighted by Crippen LogP contribution is 2.33. The number of amides is 2. The second kappa shape index (κ2) is 10.3. The van der Waals surface area contributed by atoms with Crippen LogP contribution in [-0.4, -0.2) is 39.2 Å². The van der Waals surface area contributed by atoms with Crippen molar-refractivity contribution in [3.8, 4) is 5.69 Å². The highest BCUT2D eigenvalue weighted by atomic mass is 32.1. The number of hydrogen-bond acceptors (Lipinski definition) is 6. The monoisotopic (exact) mass is 536 g/mol. The van der Waals surface area contributed by atoms with Crippen LogP contribution in [0.3, 0.4) is 0 Å². The average Bonchev–Trinajstić information content (AvgIpc) is 3.28. The van der Waals surface area contributed by atoms with Crippen molar-refractivity contribution < 1.29 is 18.7 Å². The summed E-state index contributed by atoms with van der Waals surface area (Å²) in [6.45, 7) is 4.14. The molecule has 9 nitrogen and oxygen atoms in total. The second-order valence-corrected chi connectivity index (χ2v) is 10.0. The van der Waals surface area contributed by atoms with E-state index >= 15 is 0 Å². The van der Waals surface area contributed by atoms with Crippen molar-refractivity contribution in [1.29, 1.82) is 0 Å². The highest BCUT2D eigenvalue weighted by Gasteiger charge is 2.29. The molecular weight excluding hydrogens is 511 g/mol. The molecule has 1 aliphatic heterocycles. The quantitative estimate of drug-likeness (QED) is 0.418. The van der Waals surface area contributed by atoms with Gasteiger partial charge in [0.15, 0.2) is 0 Å². The first-order chi connectivity index (χ1) is 18.3. The van der Waals surface area contributed by atoms with Crippen LogP contribution in [0.1, 0.15) is 22.9 Å². The van der Waals surface area contributed by atoms with E-state index in [1.165, 1.54) is 40.2 Å². The number of carbonyl (C=O) groups is 2. The predicted molar refractivity (Wildman–Crippen MR) is 143 cm³/mol. The molecule has 4 aromatic rings. The number of nitrogens with zero attached hydrogens (tertiary/aromatic N) is 3. The number of ether oxygens (including phenoxy) is 1. The van der Waals surface area contributed by atoms with E-state index in [4.69, 9.17) is 4.74 Å². The molecular formula is C27H25FN4O5S. The minimum Gasteiger partial charge on any atom is -0.450 e. The van der Waals surface area contributed by atoms with E-state index < -0.39 is 29.1 Å². The van der Waals surface area contributed by atoms with Crippen molar-refractivity contribution in [2.75, 3.05) is 18.5 Å². The van der Waals surface area contributed by atoms with Crippen LogP contribution in [0.4, 0.5) is 14.9 Å². The van der Waals surface area contributed by atoms with Gasteiger partial charge in [-0.25, -0.2) is 18.5 Å². The maximum absolute atomic E-state index is 13.7. The van der Waals surface area contributed by atoms with Crippen molar-refractivity contribution in [2.24, 2.45) is 0 Å². The minimum atomic E-state index is -0.714. The topological polar surface area (TPSA) is 103 Å². The Morgan fingerprint density at radius 2 is 1.79 bits per heavy atom. The number of fused-ring (bicyclic) bond motifs is 3. The van der Waals surface area contributed by atoms with Gasteiger partial charge in [-0.3, -0.25) is 14.2 Å². The molecule has 0 aliphatic carbocycles. The lowest BCUT2D eigenvalue weighted by molar-refractivity contribution is -0.116. The van der Waals surface area contributed by atoms with Crippen LogP contribution in [0.2, 0.25) is 0 Å². The molecule has 2 aromatic heterocycles. The number of aromatic nitrogens is 2. The number of nitrogens with one attached hydrogen (secondary N) is 1. The number of aryl methyl sites for hydroxylation is 1. The molecule has 196 valence electrons. The molecule has 1 N–H and O–H groups in total. The predicted octanol–water partition coefficient (Wildman–Crippen LogP) is 3.81. The summed E-state index contributed by atoms with van der Waals surface area (Å²) in [5.41, 5.74) is 1.28. The molecule has 0 spiro atoms. The third-order valence-corrected chi connectivity index (χ3v) is 7.61. The van der Waals surface area contributed by atoms with Gasteiger partial charge in [0, 0.05) is 17.1 Å². The van der Waals surface area contributed by atoms with Crippen LogP contribution in [0.15, 0.2) is 58.1 Å². The number of thiophene rings is 1. The Kier molecular flexibility index (Phi) is 6.85. The van der Waals surface area contributed by atoms with Crippen molar-refractivity contribution in [1.82, 2.24) is 14.0 Å². The second-order valence-electron chi connectivity index (χ2n) is 8.95. The Labute approximate surface area is 220 Å². The van der Waals surface area contributed by atoms with Gasteiger partial charge >= 0.3 is 11.8 Å². The first-order valence-corrected chi connectivity index (χ1v) is 12.9. The molecule has 11 heteroatoms. The fourth-order valence-electron chi connectivity index (χ4n) is 4.51. The molecule has 2 amide bonds. The first kappa shape index (κ1) is 25.4. The molecule has 0 atom stereocenters. The molecule has 0 radical (unpaired) electrons. The van der Waals surface area contributed by atoms with Gasteiger partial charge in [0.1, 0.15) is 17.2 Å². The van der Waals surface area contributed by atoms with Gasteiger partial charge in [-0.05, 0) is 62.2 Å². The lowest BCUT2D eigenvalue weighted by Crippen LogP contribution is -2.41. The van der Waals surface area contributed by atoms with Gasteiger partial charge < -0.3 is 15.0 Å². The number of benzene rings is 2. The molecule has 3 heterocycles. The van der Waals surface area contributed by atoms with E-state index in [1.807, 2.05) is 19.1 Å². The molecule has 2 aromatic carbocycles. The fraction of sp³-hybridized carbons (Fsp3) is 0.259. The third-order valence-electron chi connectivity index (χ3n) is 6.37. The lowest BCUT2D eigenvalue weighted by atomic mass is 10.1. The maximum atomic E-state index is 13.7. The summed E-state index contributed by atoms with van der Waals surface area (Å²) in [7, 11) is 0. The summed E-state index contributed by atoms with van der Waals surface area (Å²) >= 11 is 1.21. The van der Waals surface area contributed by atoms with Crippen LogP contribution in [0.25, 0.3) is 15.9 Å². The van der Waals surface area contributed by atoms with Crippen LogP contribution in [0, 0.1) is 12.7 Å². The molecule has 0 unspecified atom stereocenters. The summed E-state index contributed by atoms with van der Waals surface area (Å²) in [6, 6.07) is 12.3. The van der Waals surface area contributed by atoms with E-state index in [9.17, 15) is 23.6 Å². The molecule has 0 bridgehead atoms. The van der Waals surface area contributed by atoms with E-state index in [0.717, 1.165) is 20.6 Å². The Morgan fingerprint density at radius 1 is 1.08 bits per heavy atom. The van der Waals surface area contributed by atoms with Gasteiger partial charge in [0.05, 0.1) is 24.2 Å². The maximum Gasteiger partial charge on any atom is 0.410 e. The number of anilines is 1. The molecule has 0 saturated carbocycles. The SMILES string of the molecule is CCOC(=O)N1CCc2c(sc3c2c(=O)n(-c2ccc(F)cc2)c(=O)n3CC(=O)Nc2ccc(C)cc2)C1. The van der Waals surface area contributed by atoms with E-state index in [-0.39, 0.29) is 25.4 Å². The van der Waals surface area contributed by atoms with Crippen LogP contribution >= 0.6 is 11.3 Å². The lowest BCUT2D eigenvalue weighted by Gasteiger charge is -2.25. The zero-order valence-electron chi connectivity index (χ0n) is 20.8. The molecule has 5 rings (SSSR count). The average molecular weight is 537 g/mol. The first-order valence-electron chi connectivity index (χ1n) is 12.1. The van der Waals surface area contributed by atoms with Gasteiger partial charge in [0.2, 0.25) is 5.91 Å². The van der Waals surface area contributed by atoms with Crippen molar-refractivity contribution in [2.45, 2.75) is 33.4 Å². The number of hydrogen-bond donors (Lipinski definition) is 1. The Hall–Kier alpha value is -4.25. The Morgan fingerprint density at radius 3 is 2.47 bits per heavy atom. The molecule has 1 aliphatic rings. The standard InChI is InChI=1S/C27H25FN4O5S/c1-3-37-27(36)30-13-12-20-21(14-30)38-25-23(20)24(34)32(19-10-6-17(28)7-11-19)26(35)31(25)15-22(33)29-18-8-4-16(2)5-9-18/h4-11H,3,12-15H2,1-2H3,(H,29,33). The number of rotatable bonds is 5. The summed E-state index contributed by atoms with van der Waals surface area (Å²) in [5, 5.41) is 3.11. The smallest absolute Gasteiger partial charge is 0.410 e.